The van der Waals surface area contributed by atoms with E-state index in [2.05, 4.69) is 0 Å². The summed E-state index contributed by atoms with van der Waals surface area (Å²) in [6.45, 7) is -0.691. The molecule has 1 atom stereocenters. The van der Waals surface area contributed by atoms with Crippen molar-refractivity contribution < 1.29 is 19.1 Å². The molecule has 2 aliphatic rings. The van der Waals surface area contributed by atoms with E-state index in [1.54, 1.807) is 0 Å². The molecule has 0 aromatic carbocycles. The molecule has 28 heavy (non-hydrogen) atoms. The molecule has 1 amide bonds. The average Bonchev–Trinajstić information content (AvgIpc) is 3.11. The van der Waals surface area contributed by atoms with Gasteiger partial charge < -0.3 is 15.4 Å². The van der Waals surface area contributed by atoms with Crippen molar-refractivity contribution in [3.8, 4) is 0 Å². The maximum absolute atomic E-state index is 12.4. The van der Waals surface area contributed by atoms with Crippen molar-refractivity contribution in [3.05, 3.63) is 26.4 Å². The fourth-order valence-electron chi connectivity index (χ4n) is 3.17. The summed E-state index contributed by atoms with van der Waals surface area (Å²) in [5, 5.41) is 0. The largest absolute Gasteiger partial charge is 0.456 e. The van der Waals surface area contributed by atoms with Crippen LogP contribution in [0.5, 0.6) is 0 Å². The lowest BCUT2D eigenvalue weighted by atomic mass is 9.84. The summed E-state index contributed by atoms with van der Waals surface area (Å²) in [6, 6.07) is -0.744. The Labute approximate surface area is 164 Å². The topological polar surface area (TPSA) is 134 Å². The van der Waals surface area contributed by atoms with Crippen LogP contribution in [0.2, 0.25) is 0 Å². The molecule has 0 spiro atoms. The molecule has 0 bridgehead atoms. The molecule has 1 aliphatic carbocycles. The highest BCUT2D eigenvalue weighted by atomic mass is 32.2. The van der Waals surface area contributed by atoms with E-state index in [0.717, 1.165) is 28.4 Å². The second-order valence-corrected chi connectivity index (χ2v) is 7.95. The number of hydrogen-bond donors (Lipinski definition) is 1. The Morgan fingerprint density at radius 1 is 1.18 bits per heavy atom. The number of esters is 1. The Morgan fingerprint density at radius 2 is 1.86 bits per heavy atom. The van der Waals surface area contributed by atoms with Crippen LogP contribution in [-0.2, 0) is 28.4 Å². The SMILES string of the molecule is Cn1c(N)c(C(=O)COC(=O)C2CSCN2C(=O)C2CCC2)c(=O)n(C)c1=O. The van der Waals surface area contributed by atoms with Crippen LogP contribution >= 0.6 is 11.8 Å². The number of ketones is 1. The van der Waals surface area contributed by atoms with Crippen molar-refractivity contribution in [2.24, 2.45) is 20.0 Å². The Morgan fingerprint density at radius 3 is 2.46 bits per heavy atom. The predicted octanol–water partition coefficient (Wildman–Crippen LogP) is -0.906. The van der Waals surface area contributed by atoms with E-state index in [-0.39, 0.29) is 17.6 Å². The number of hydrogen-bond acceptors (Lipinski definition) is 8. The summed E-state index contributed by atoms with van der Waals surface area (Å²) in [5.74, 6) is -1.06. The van der Waals surface area contributed by atoms with Gasteiger partial charge in [-0.1, -0.05) is 6.42 Å². The highest BCUT2D eigenvalue weighted by Gasteiger charge is 2.40. The third-order valence-electron chi connectivity index (χ3n) is 5.23. The van der Waals surface area contributed by atoms with Crippen LogP contribution in [0.3, 0.4) is 0 Å². The Kier molecular flexibility index (Phi) is 5.64. The molecule has 1 aromatic rings. The zero-order valence-corrected chi connectivity index (χ0v) is 16.5. The number of anilines is 1. The molecule has 1 aromatic heterocycles. The monoisotopic (exact) mass is 410 g/mol. The predicted molar refractivity (Wildman–Crippen MR) is 102 cm³/mol. The molecule has 152 valence electrons. The maximum Gasteiger partial charge on any atom is 0.332 e. The number of nitrogens with two attached hydrogens (primary N) is 1. The minimum atomic E-state index is -0.847. The molecule has 2 N–H and O–H groups in total. The van der Waals surface area contributed by atoms with E-state index in [9.17, 15) is 24.0 Å². The molecule has 3 rings (SSSR count). The van der Waals surface area contributed by atoms with Crippen LogP contribution in [0.4, 0.5) is 5.82 Å². The fraction of sp³-hybridized carbons (Fsp3) is 0.588. The van der Waals surface area contributed by atoms with Gasteiger partial charge in [0.15, 0.2) is 6.61 Å². The minimum Gasteiger partial charge on any atom is -0.456 e. The lowest BCUT2D eigenvalue weighted by Crippen LogP contribution is -2.47. The number of thioether (sulfide) groups is 1. The van der Waals surface area contributed by atoms with Gasteiger partial charge in [0.1, 0.15) is 17.4 Å². The zero-order chi connectivity index (χ0) is 20.6. The Hall–Kier alpha value is -2.56. The number of amides is 1. The molecule has 11 heteroatoms. The molecule has 1 saturated heterocycles. The van der Waals surface area contributed by atoms with Gasteiger partial charge in [-0.05, 0) is 12.8 Å². The molecule has 1 aliphatic heterocycles. The Balaban J connectivity index is 1.69. The lowest BCUT2D eigenvalue weighted by molar-refractivity contribution is -0.154. The van der Waals surface area contributed by atoms with E-state index in [1.165, 1.54) is 30.8 Å². The second kappa shape index (κ2) is 7.82. The minimum absolute atomic E-state index is 0.0379. The van der Waals surface area contributed by atoms with Crippen LogP contribution in [-0.4, -0.2) is 56.0 Å². The van der Waals surface area contributed by atoms with Crippen molar-refractivity contribution in [3.63, 3.8) is 0 Å². The molecule has 10 nitrogen and oxygen atoms in total. The summed E-state index contributed by atoms with van der Waals surface area (Å²) in [5.41, 5.74) is 3.82. The van der Waals surface area contributed by atoms with Crippen molar-refractivity contribution in [1.29, 1.82) is 0 Å². The van der Waals surface area contributed by atoms with Crippen molar-refractivity contribution in [2.45, 2.75) is 25.3 Å². The highest BCUT2D eigenvalue weighted by Crippen LogP contribution is 2.32. The Bertz CT molecular complexity index is 948. The number of aromatic nitrogens is 2. The average molecular weight is 410 g/mol. The number of ether oxygens (including phenoxy) is 1. The van der Waals surface area contributed by atoms with Crippen LogP contribution in [0.25, 0.3) is 0 Å². The lowest BCUT2D eigenvalue weighted by Gasteiger charge is -2.31. The van der Waals surface area contributed by atoms with Crippen LogP contribution in [0.15, 0.2) is 9.59 Å². The third kappa shape index (κ3) is 3.46. The molecular formula is C17H22N4O6S. The number of rotatable bonds is 5. The standard InChI is InChI=1S/C17H22N4O6S/c1-19-13(18)12(15(24)20(2)17(19)26)11(22)6-27-16(25)10-7-28-8-21(10)14(23)9-4-3-5-9/h9-10H,3-8,18H2,1-2H3. The van der Waals surface area contributed by atoms with Gasteiger partial charge in [0.25, 0.3) is 5.56 Å². The van der Waals surface area contributed by atoms with Gasteiger partial charge in [-0.15, -0.1) is 11.8 Å². The van der Waals surface area contributed by atoms with Gasteiger partial charge >= 0.3 is 11.7 Å². The van der Waals surface area contributed by atoms with E-state index >= 15 is 0 Å². The molecule has 0 radical (unpaired) electrons. The van der Waals surface area contributed by atoms with Crippen LogP contribution in [0, 0.1) is 5.92 Å². The molecular weight excluding hydrogens is 388 g/mol. The number of nitrogens with zero attached hydrogens (tertiary/aromatic N) is 3. The smallest absolute Gasteiger partial charge is 0.332 e. The van der Waals surface area contributed by atoms with Gasteiger partial charge in [0.05, 0.1) is 5.88 Å². The van der Waals surface area contributed by atoms with Crippen molar-refractivity contribution in [1.82, 2.24) is 14.0 Å². The van der Waals surface area contributed by atoms with E-state index < -0.39 is 41.2 Å². The first-order valence-electron chi connectivity index (χ1n) is 8.87. The number of nitrogen functional groups attached to an aromatic ring is 1. The summed E-state index contributed by atoms with van der Waals surface area (Å²) >= 11 is 1.45. The summed E-state index contributed by atoms with van der Waals surface area (Å²) < 4.78 is 6.82. The van der Waals surface area contributed by atoms with E-state index in [4.69, 9.17) is 10.5 Å². The third-order valence-corrected chi connectivity index (χ3v) is 6.24. The normalized spacial score (nSPS) is 19.4. The van der Waals surface area contributed by atoms with Gasteiger partial charge in [-0.25, -0.2) is 9.59 Å². The molecule has 2 heterocycles. The zero-order valence-electron chi connectivity index (χ0n) is 15.7. The highest BCUT2D eigenvalue weighted by molar-refractivity contribution is 7.99. The van der Waals surface area contributed by atoms with Crippen LogP contribution in [0.1, 0.15) is 29.6 Å². The summed E-state index contributed by atoms with van der Waals surface area (Å²) in [6.07, 6.45) is 2.67. The number of Topliss-reactive ketones (excluding diaryl/α,β-unsaturated/α-hetero) is 1. The second-order valence-electron chi connectivity index (χ2n) is 6.95. The summed E-state index contributed by atoms with van der Waals surface area (Å²) in [4.78, 5) is 62.8. The quantitative estimate of drug-likeness (QED) is 0.487. The molecule has 2 fully saturated rings. The first kappa shape index (κ1) is 20.2. The van der Waals surface area contributed by atoms with Gasteiger partial charge in [-0.3, -0.25) is 23.5 Å². The van der Waals surface area contributed by atoms with Crippen molar-refractivity contribution >= 4 is 35.2 Å². The van der Waals surface area contributed by atoms with Gasteiger partial charge in [0.2, 0.25) is 11.7 Å². The first-order chi connectivity index (χ1) is 13.2. The first-order valence-corrected chi connectivity index (χ1v) is 10.0. The van der Waals surface area contributed by atoms with E-state index in [1.807, 2.05) is 0 Å². The molecule has 1 saturated carbocycles. The molecule has 1 unspecified atom stereocenters. The van der Waals surface area contributed by atoms with Gasteiger partial charge in [0, 0.05) is 25.8 Å². The fourth-order valence-corrected chi connectivity index (χ4v) is 4.32. The van der Waals surface area contributed by atoms with E-state index in [0.29, 0.717) is 11.6 Å². The maximum atomic E-state index is 12.4. The van der Waals surface area contributed by atoms with Crippen LogP contribution < -0.4 is 17.0 Å². The van der Waals surface area contributed by atoms with Gasteiger partial charge in [-0.2, -0.15) is 0 Å². The summed E-state index contributed by atoms with van der Waals surface area (Å²) in [7, 11) is 2.56. The number of carbonyl (C=O) groups is 3. The van der Waals surface area contributed by atoms with Crippen molar-refractivity contribution in [2.75, 3.05) is 24.0 Å². The number of carbonyl (C=O) groups excluding carboxylic acids is 3.